The molecule has 2 heterocycles. The summed E-state index contributed by atoms with van der Waals surface area (Å²) in [6.45, 7) is 0. The quantitative estimate of drug-likeness (QED) is 0.172. The van der Waals surface area contributed by atoms with E-state index in [1.807, 2.05) is 97.1 Å². The highest BCUT2D eigenvalue weighted by Crippen LogP contribution is 2.65. The van der Waals surface area contributed by atoms with Crippen LogP contribution in [0.4, 0.5) is 0 Å². The maximum absolute atomic E-state index is 15.8. The number of rotatable bonds is 5. The van der Waals surface area contributed by atoms with Gasteiger partial charge in [-0.25, -0.2) is 9.97 Å². The van der Waals surface area contributed by atoms with Crippen LogP contribution in [0, 0.1) is 0 Å². The Bertz CT molecular complexity index is 5220. The lowest BCUT2D eigenvalue weighted by molar-refractivity contribution is 0.793. The van der Waals surface area contributed by atoms with Gasteiger partial charge in [0.05, 0.1) is 44.0 Å². The van der Waals surface area contributed by atoms with Crippen molar-refractivity contribution in [3.63, 3.8) is 0 Å². The van der Waals surface area contributed by atoms with Crippen LogP contribution >= 0.6 is 0 Å². The van der Waals surface area contributed by atoms with Crippen molar-refractivity contribution >= 4 is 21.8 Å². The van der Waals surface area contributed by atoms with Gasteiger partial charge in [0.1, 0.15) is 11.6 Å². The first-order chi connectivity index (χ1) is 41.5. The maximum Gasteiger partial charge on any atom is 0.266 e. The predicted octanol–water partition coefficient (Wildman–Crippen LogP) is 16.8. The summed E-state index contributed by atoms with van der Waals surface area (Å²) in [6.07, 6.45) is 0. The molecule has 18 rings (SSSR count). The van der Waals surface area contributed by atoms with Crippen LogP contribution in [0.25, 0.3) is 112 Å². The van der Waals surface area contributed by atoms with Crippen molar-refractivity contribution in [1.29, 1.82) is 0 Å². The van der Waals surface area contributed by atoms with Crippen molar-refractivity contribution in [2.45, 2.75) is 10.8 Å². The molecule has 2 aromatic heterocycles. The van der Waals surface area contributed by atoms with Crippen LogP contribution in [0.2, 0.25) is 0 Å². The van der Waals surface area contributed by atoms with Gasteiger partial charge >= 0.3 is 0 Å². The minimum Gasteiger partial charge on any atom is -0.268 e. The van der Waals surface area contributed by atoms with Crippen LogP contribution in [-0.2, 0) is 10.8 Å². The molecular formula is C78H46N4O2. The van der Waals surface area contributed by atoms with Gasteiger partial charge in [-0.15, -0.1) is 0 Å². The maximum atomic E-state index is 15.8. The molecule has 0 atom stereocenters. The summed E-state index contributed by atoms with van der Waals surface area (Å²) in [4.78, 5) is 41.3. The molecule has 0 radical (unpaired) electrons. The number of hydrogen-bond donors (Lipinski definition) is 0. The van der Waals surface area contributed by atoms with E-state index in [-0.39, 0.29) is 11.1 Å². The molecule has 14 aromatic rings. The molecule has 390 valence electrons. The van der Waals surface area contributed by atoms with Crippen LogP contribution in [-0.4, -0.2) is 19.1 Å². The zero-order chi connectivity index (χ0) is 55.4. The fraction of sp³-hybridized carbons (Fsp3) is 0.0256. The lowest BCUT2D eigenvalue weighted by atomic mass is 9.70. The average Bonchev–Trinajstić information content (AvgIpc) is 1.63. The number of aromatic nitrogens is 4. The van der Waals surface area contributed by atoms with E-state index in [0.717, 1.165) is 55.9 Å². The topological polar surface area (TPSA) is 69.8 Å². The second-order valence-corrected chi connectivity index (χ2v) is 22.6. The van der Waals surface area contributed by atoms with Crippen molar-refractivity contribution in [2.24, 2.45) is 0 Å². The Morgan fingerprint density at radius 2 is 0.643 bits per heavy atom. The molecule has 0 bridgehead atoms. The van der Waals surface area contributed by atoms with E-state index in [1.165, 1.54) is 66.8 Å². The third kappa shape index (κ3) is 6.07. The summed E-state index contributed by atoms with van der Waals surface area (Å²) in [5.41, 5.74) is 23.8. The van der Waals surface area contributed by atoms with Gasteiger partial charge in [-0.3, -0.25) is 18.7 Å². The lowest BCUT2D eigenvalue weighted by Crippen LogP contribution is -2.26. The number of nitrogens with zero attached hydrogens (tertiary/aromatic N) is 4. The van der Waals surface area contributed by atoms with Crippen molar-refractivity contribution in [2.75, 3.05) is 0 Å². The van der Waals surface area contributed by atoms with Crippen molar-refractivity contribution in [3.05, 3.63) is 344 Å². The number of fused-ring (bicyclic) bond motifs is 22. The molecule has 0 saturated carbocycles. The molecule has 4 aliphatic carbocycles. The Kier molecular flexibility index (Phi) is 9.56. The highest BCUT2D eigenvalue weighted by molar-refractivity contribution is 5.99. The summed E-state index contributed by atoms with van der Waals surface area (Å²) < 4.78 is 3.58. The first-order valence-electron chi connectivity index (χ1n) is 28.6. The summed E-state index contributed by atoms with van der Waals surface area (Å²) in [5, 5.41) is 1.08. The van der Waals surface area contributed by atoms with E-state index in [2.05, 4.69) is 182 Å². The van der Waals surface area contributed by atoms with Gasteiger partial charge in [-0.05, 0) is 161 Å². The smallest absolute Gasteiger partial charge is 0.266 e. The van der Waals surface area contributed by atoms with Crippen molar-refractivity contribution in [3.8, 4) is 89.8 Å². The zero-order valence-corrected chi connectivity index (χ0v) is 45.2. The number of hydrogen-bond acceptors (Lipinski definition) is 4. The molecule has 6 nitrogen and oxygen atoms in total. The molecule has 0 unspecified atom stereocenters. The van der Waals surface area contributed by atoms with Gasteiger partial charge in [0, 0.05) is 11.1 Å². The Hall–Kier alpha value is -11.1. The molecule has 84 heavy (non-hydrogen) atoms. The van der Waals surface area contributed by atoms with E-state index in [1.54, 1.807) is 9.13 Å². The van der Waals surface area contributed by atoms with E-state index in [0.29, 0.717) is 33.5 Å². The molecule has 0 fully saturated rings. The van der Waals surface area contributed by atoms with Gasteiger partial charge in [0.2, 0.25) is 0 Å². The minimum absolute atomic E-state index is 0.128. The normalized spacial score (nSPS) is 13.8. The van der Waals surface area contributed by atoms with Gasteiger partial charge < -0.3 is 0 Å². The highest BCUT2D eigenvalue weighted by Gasteiger charge is 2.53. The van der Waals surface area contributed by atoms with Crippen LogP contribution in [0.5, 0.6) is 0 Å². The lowest BCUT2D eigenvalue weighted by Gasteiger charge is -2.31. The molecule has 0 amide bonds. The van der Waals surface area contributed by atoms with Crippen molar-refractivity contribution in [1.82, 2.24) is 19.1 Å². The second-order valence-electron chi connectivity index (χ2n) is 22.6. The monoisotopic (exact) mass is 1070 g/mol. The van der Waals surface area contributed by atoms with Crippen LogP contribution in [0.15, 0.2) is 289 Å². The Labute approximate surface area is 483 Å². The molecule has 12 aromatic carbocycles. The van der Waals surface area contributed by atoms with Crippen LogP contribution in [0.1, 0.15) is 44.5 Å². The first kappa shape index (κ1) is 46.6. The molecule has 0 N–H and O–H groups in total. The SMILES string of the molecule is O=c1c2ccccc2nc(-c2ccccc2)n1-c1ccc2c(c1)-c1ccc(-c3ccc4nc(-c5ccc6c(c5)C5(c7ccccc7-c7ccccc75)c5ccccc5-6)n(-c5ccccc5)c(=O)c4c3)cc1C21c2ccccc2-c2ccccc21. The Morgan fingerprint density at radius 1 is 0.250 bits per heavy atom. The van der Waals surface area contributed by atoms with Gasteiger partial charge in [-0.2, -0.15) is 0 Å². The fourth-order valence-electron chi connectivity index (χ4n) is 15.2. The van der Waals surface area contributed by atoms with Crippen molar-refractivity contribution < 1.29 is 0 Å². The van der Waals surface area contributed by atoms with E-state index >= 15 is 4.79 Å². The number of para-hydroxylation sites is 2. The molecule has 0 saturated heterocycles. The zero-order valence-electron chi connectivity index (χ0n) is 45.2. The Morgan fingerprint density at radius 3 is 1.23 bits per heavy atom. The molecule has 6 heteroatoms. The molecular weight excluding hydrogens is 1020 g/mol. The second kappa shape index (κ2) is 17.2. The fourth-order valence-corrected chi connectivity index (χ4v) is 15.2. The van der Waals surface area contributed by atoms with Gasteiger partial charge in [0.25, 0.3) is 11.1 Å². The minimum atomic E-state index is -0.687. The van der Waals surface area contributed by atoms with E-state index < -0.39 is 10.8 Å². The summed E-state index contributed by atoms with van der Waals surface area (Å²) >= 11 is 0. The standard InChI is InChI=1S/C78H46N4O2/c83-75-60-28-12-18-34-71(60)79-73(47-19-3-1-4-20-47)82(75)52-38-41-68-61(46-52)59-39-35-49(44-69(59)78(68)65-31-15-9-25-55(65)56-26-10-16-32-66(56)78)48-37-42-72-62(43-48)76(84)81(51-21-5-2-6-22-51)74(80-72)50-36-40-58-57-27-11-17-33-67(57)77(70(58)45-50)63-29-13-7-23-53(63)54-24-8-14-30-64(54)77/h1-46H. The van der Waals surface area contributed by atoms with Gasteiger partial charge in [-0.1, -0.05) is 218 Å². The Balaban J connectivity index is 0.829. The largest absolute Gasteiger partial charge is 0.268 e. The average molecular weight is 1070 g/mol. The van der Waals surface area contributed by atoms with Crippen LogP contribution in [0.3, 0.4) is 0 Å². The third-order valence-electron chi connectivity index (χ3n) is 18.6. The predicted molar refractivity (Wildman–Crippen MR) is 337 cm³/mol. The molecule has 4 aliphatic rings. The molecule has 0 aliphatic heterocycles. The van der Waals surface area contributed by atoms with E-state index in [4.69, 9.17) is 9.97 Å². The highest BCUT2D eigenvalue weighted by atomic mass is 16.1. The van der Waals surface area contributed by atoms with E-state index in [9.17, 15) is 4.79 Å². The van der Waals surface area contributed by atoms with Crippen LogP contribution < -0.4 is 11.1 Å². The first-order valence-corrected chi connectivity index (χ1v) is 28.6. The third-order valence-corrected chi connectivity index (χ3v) is 18.6. The molecule has 2 spiro atoms. The summed E-state index contributed by atoms with van der Waals surface area (Å²) in [7, 11) is 0. The summed E-state index contributed by atoms with van der Waals surface area (Å²) in [5.74, 6) is 1.16. The number of benzene rings is 12. The summed E-state index contributed by atoms with van der Waals surface area (Å²) in [6, 6.07) is 97.6. The van der Waals surface area contributed by atoms with Gasteiger partial charge in [0.15, 0.2) is 0 Å².